The molecule has 0 saturated carbocycles. The Morgan fingerprint density at radius 1 is 0.821 bits per heavy atom. The van der Waals surface area contributed by atoms with E-state index >= 15 is 0 Å². The second-order valence-corrected chi connectivity index (χ2v) is 5.39. The van der Waals surface area contributed by atoms with Crippen LogP contribution in [0.5, 0.6) is 11.5 Å². The number of imidazole rings is 1. The lowest BCUT2D eigenvalue weighted by Crippen LogP contribution is -2.17. The number of aryl methyl sites for hydroxylation is 1. The van der Waals surface area contributed by atoms with Gasteiger partial charge in [0.2, 0.25) is 0 Å². The molecule has 0 amide bonds. The van der Waals surface area contributed by atoms with Gasteiger partial charge in [-0.1, -0.05) is 0 Å². The van der Waals surface area contributed by atoms with E-state index < -0.39 is 12.7 Å². The number of rotatable bonds is 2. The third kappa shape index (κ3) is 6.45. The van der Waals surface area contributed by atoms with Crippen molar-refractivity contribution in [3.63, 3.8) is 0 Å². The maximum atomic E-state index is 11.9. The SMILES string of the molecule is Cc1nc2ccc(OC(F)(F)F)cc2[nH]1.Nc1ccc(OC(F)(F)F)cc1N. The Balaban J connectivity index is 0.000000203. The standard InChI is InChI=1S/C9H7F3N2O.C7H7F3N2O/c1-5-13-7-3-2-6(4-8(7)14-5)15-9(10,11)12;8-7(9,10)13-4-1-2-5(11)6(12)3-4/h2-4H,1H3,(H,13,14);1-3H,11-12H2. The van der Waals surface area contributed by atoms with Crippen molar-refractivity contribution in [1.82, 2.24) is 9.97 Å². The number of fused-ring (bicyclic) bond motifs is 1. The summed E-state index contributed by atoms with van der Waals surface area (Å²) in [6.07, 6.45) is -9.37. The molecule has 152 valence electrons. The van der Waals surface area contributed by atoms with Gasteiger partial charge in [-0.15, -0.1) is 26.3 Å². The normalized spacial score (nSPS) is 11.7. The molecule has 1 heterocycles. The molecule has 2 aromatic carbocycles. The molecule has 0 aliphatic rings. The predicted molar refractivity (Wildman–Crippen MR) is 89.5 cm³/mol. The first kappa shape index (κ1) is 21.0. The van der Waals surface area contributed by atoms with Crippen molar-refractivity contribution >= 4 is 22.4 Å². The van der Waals surface area contributed by atoms with E-state index in [1.54, 1.807) is 6.92 Å². The number of nitrogens with two attached hydrogens (primary N) is 2. The van der Waals surface area contributed by atoms with Crippen LogP contribution in [0.3, 0.4) is 0 Å². The third-order valence-corrected chi connectivity index (χ3v) is 3.10. The van der Waals surface area contributed by atoms with E-state index in [0.717, 1.165) is 12.1 Å². The molecule has 0 aliphatic heterocycles. The molecule has 3 aromatic rings. The van der Waals surface area contributed by atoms with Gasteiger partial charge < -0.3 is 25.9 Å². The number of aromatic nitrogens is 2. The molecule has 0 unspecified atom stereocenters. The first-order valence-corrected chi connectivity index (χ1v) is 7.45. The summed E-state index contributed by atoms with van der Waals surface area (Å²) in [6, 6.07) is 7.33. The number of benzene rings is 2. The van der Waals surface area contributed by atoms with Crippen molar-refractivity contribution in [2.45, 2.75) is 19.6 Å². The maximum absolute atomic E-state index is 11.9. The van der Waals surface area contributed by atoms with E-state index in [0.29, 0.717) is 16.9 Å². The second-order valence-electron chi connectivity index (χ2n) is 5.39. The Labute approximate surface area is 154 Å². The predicted octanol–water partition coefficient (Wildman–Crippen LogP) is 4.52. The topological polar surface area (TPSA) is 99.2 Å². The summed E-state index contributed by atoms with van der Waals surface area (Å²) in [4.78, 5) is 6.88. The van der Waals surface area contributed by atoms with E-state index in [4.69, 9.17) is 11.5 Å². The van der Waals surface area contributed by atoms with Crippen LogP contribution in [0.1, 0.15) is 5.82 Å². The molecule has 0 saturated heterocycles. The summed E-state index contributed by atoms with van der Waals surface area (Å²) >= 11 is 0. The van der Waals surface area contributed by atoms with E-state index in [1.807, 2.05) is 0 Å². The van der Waals surface area contributed by atoms with Gasteiger partial charge in [-0.25, -0.2) is 4.98 Å². The highest BCUT2D eigenvalue weighted by molar-refractivity contribution is 5.76. The van der Waals surface area contributed by atoms with Crippen molar-refractivity contribution in [2.24, 2.45) is 0 Å². The minimum atomic E-state index is -4.71. The molecule has 0 spiro atoms. The zero-order valence-corrected chi connectivity index (χ0v) is 14.2. The van der Waals surface area contributed by atoms with Crippen LogP contribution < -0.4 is 20.9 Å². The van der Waals surface area contributed by atoms with Crippen LogP contribution in [-0.4, -0.2) is 22.7 Å². The lowest BCUT2D eigenvalue weighted by atomic mass is 10.2. The van der Waals surface area contributed by atoms with Crippen LogP contribution >= 0.6 is 0 Å². The molecular formula is C16H14F6N4O2. The number of H-pyrrole nitrogens is 1. The van der Waals surface area contributed by atoms with Crippen LogP contribution in [0.15, 0.2) is 36.4 Å². The van der Waals surface area contributed by atoms with Gasteiger partial charge >= 0.3 is 12.7 Å². The molecule has 0 radical (unpaired) electrons. The van der Waals surface area contributed by atoms with Gasteiger partial charge in [0.15, 0.2) is 0 Å². The van der Waals surface area contributed by atoms with Gasteiger partial charge in [0, 0.05) is 12.1 Å². The average molecular weight is 408 g/mol. The Kier molecular flexibility index (Phi) is 5.81. The number of nitrogen functional groups attached to an aromatic ring is 2. The monoisotopic (exact) mass is 408 g/mol. The summed E-state index contributed by atoms with van der Waals surface area (Å²) in [7, 11) is 0. The van der Waals surface area contributed by atoms with Gasteiger partial charge in [0.1, 0.15) is 17.3 Å². The van der Waals surface area contributed by atoms with Gasteiger partial charge in [0.05, 0.1) is 22.4 Å². The lowest BCUT2D eigenvalue weighted by Gasteiger charge is -2.09. The molecule has 28 heavy (non-hydrogen) atoms. The molecule has 0 fully saturated rings. The van der Waals surface area contributed by atoms with E-state index in [2.05, 4.69) is 19.4 Å². The van der Waals surface area contributed by atoms with Crippen molar-refractivity contribution in [3.05, 3.63) is 42.2 Å². The summed E-state index contributed by atoms with van der Waals surface area (Å²) < 4.78 is 78.1. The summed E-state index contributed by atoms with van der Waals surface area (Å²) in [6.45, 7) is 1.73. The van der Waals surface area contributed by atoms with E-state index in [1.165, 1.54) is 24.3 Å². The van der Waals surface area contributed by atoms with Gasteiger partial charge in [0.25, 0.3) is 0 Å². The number of nitrogens with zero attached hydrogens (tertiary/aromatic N) is 1. The Hall–Kier alpha value is -3.31. The highest BCUT2D eigenvalue weighted by Gasteiger charge is 2.31. The Bertz CT molecular complexity index is 952. The first-order chi connectivity index (χ1) is 12.8. The van der Waals surface area contributed by atoms with Crippen LogP contribution in [0.25, 0.3) is 11.0 Å². The van der Waals surface area contributed by atoms with Gasteiger partial charge in [-0.05, 0) is 31.2 Å². The molecule has 12 heteroatoms. The Morgan fingerprint density at radius 2 is 1.36 bits per heavy atom. The number of anilines is 2. The minimum absolute atomic E-state index is 0.0572. The average Bonchev–Trinajstić information content (AvgIpc) is 2.88. The largest absolute Gasteiger partial charge is 0.573 e. The highest BCUT2D eigenvalue weighted by atomic mass is 19.4. The molecule has 3 rings (SSSR count). The number of hydrogen-bond donors (Lipinski definition) is 3. The third-order valence-electron chi connectivity index (χ3n) is 3.10. The molecule has 0 aliphatic carbocycles. The minimum Gasteiger partial charge on any atom is -0.406 e. The number of halogens is 6. The number of alkyl halides is 6. The van der Waals surface area contributed by atoms with Gasteiger partial charge in [-0.3, -0.25) is 0 Å². The smallest absolute Gasteiger partial charge is 0.406 e. The zero-order valence-electron chi connectivity index (χ0n) is 14.2. The molecular weight excluding hydrogens is 394 g/mol. The number of aromatic amines is 1. The van der Waals surface area contributed by atoms with Gasteiger partial charge in [-0.2, -0.15) is 0 Å². The fourth-order valence-corrected chi connectivity index (χ4v) is 2.06. The van der Waals surface area contributed by atoms with Crippen LogP contribution in [0, 0.1) is 6.92 Å². The molecule has 0 bridgehead atoms. The zero-order chi connectivity index (χ0) is 21.1. The maximum Gasteiger partial charge on any atom is 0.573 e. The molecule has 1 aromatic heterocycles. The lowest BCUT2D eigenvalue weighted by molar-refractivity contribution is -0.275. The van der Waals surface area contributed by atoms with Crippen molar-refractivity contribution in [1.29, 1.82) is 0 Å². The summed E-state index contributed by atoms with van der Waals surface area (Å²) in [5.41, 5.74) is 12.0. The van der Waals surface area contributed by atoms with Crippen LogP contribution in [-0.2, 0) is 0 Å². The number of hydrogen-bond acceptors (Lipinski definition) is 5. The van der Waals surface area contributed by atoms with Crippen molar-refractivity contribution < 1.29 is 35.8 Å². The highest BCUT2D eigenvalue weighted by Crippen LogP contribution is 2.27. The number of nitrogens with one attached hydrogen (secondary N) is 1. The number of ether oxygens (including phenoxy) is 2. The van der Waals surface area contributed by atoms with Crippen LogP contribution in [0.2, 0.25) is 0 Å². The molecule has 5 N–H and O–H groups in total. The van der Waals surface area contributed by atoms with E-state index in [-0.39, 0.29) is 22.9 Å². The molecule has 6 nitrogen and oxygen atoms in total. The fraction of sp³-hybridized carbons (Fsp3) is 0.188. The van der Waals surface area contributed by atoms with E-state index in [9.17, 15) is 26.3 Å². The second kappa shape index (κ2) is 7.74. The van der Waals surface area contributed by atoms with Crippen molar-refractivity contribution in [2.75, 3.05) is 11.5 Å². The quantitative estimate of drug-likeness (QED) is 0.428. The Morgan fingerprint density at radius 3 is 1.89 bits per heavy atom. The van der Waals surface area contributed by atoms with Crippen molar-refractivity contribution in [3.8, 4) is 11.5 Å². The molecule has 0 atom stereocenters. The summed E-state index contributed by atoms with van der Waals surface area (Å²) in [5.74, 6) is 0.0204. The fourth-order valence-electron chi connectivity index (χ4n) is 2.06. The van der Waals surface area contributed by atoms with Crippen LogP contribution in [0.4, 0.5) is 37.7 Å². The first-order valence-electron chi connectivity index (χ1n) is 7.45. The summed E-state index contributed by atoms with van der Waals surface area (Å²) in [5, 5.41) is 0.